The van der Waals surface area contributed by atoms with E-state index in [1.54, 1.807) is 6.20 Å². The largest absolute Gasteiger partial charge is 0.379 e. The van der Waals surface area contributed by atoms with E-state index in [4.69, 9.17) is 10.5 Å². The van der Waals surface area contributed by atoms with Gasteiger partial charge in [-0.25, -0.2) is 4.68 Å². The lowest BCUT2D eigenvalue weighted by Gasteiger charge is -2.26. The molecular weight excluding hydrogens is 248 g/mol. The van der Waals surface area contributed by atoms with Crippen molar-refractivity contribution in [3.63, 3.8) is 0 Å². The zero-order valence-electron chi connectivity index (χ0n) is 10.9. The lowest BCUT2D eigenvalue weighted by molar-refractivity contribution is -0.121. The fourth-order valence-corrected chi connectivity index (χ4v) is 1.89. The summed E-state index contributed by atoms with van der Waals surface area (Å²) in [6, 6.07) is 0. The fraction of sp³-hybridized carbons (Fsp3) is 0.727. The average molecular weight is 268 g/mol. The van der Waals surface area contributed by atoms with Gasteiger partial charge in [0.1, 0.15) is 6.54 Å². The third kappa shape index (κ3) is 4.58. The Labute approximate surface area is 111 Å². The Kier molecular flexibility index (Phi) is 5.25. The molecule has 2 heterocycles. The molecule has 0 aliphatic carbocycles. The lowest BCUT2D eigenvalue weighted by Crippen LogP contribution is -2.41. The molecule has 3 N–H and O–H groups in total. The minimum absolute atomic E-state index is 0.0678. The van der Waals surface area contributed by atoms with Gasteiger partial charge >= 0.3 is 0 Å². The van der Waals surface area contributed by atoms with Crippen LogP contribution in [0.3, 0.4) is 0 Å². The van der Waals surface area contributed by atoms with Crippen molar-refractivity contribution in [3.05, 3.63) is 11.9 Å². The summed E-state index contributed by atoms with van der Waals surface area (Å²) in [5.74, 6) is -0.0678. The quantitative estimate of drug-likeness (QED) is 0.631. The Hall–Kier alpha value is -1.51. The first kappa shape index (κ1) is 13.9. The van der Waals surface area contributed by atoms with Crippen LogP contribution < -0.4 is 11.1 Å². The third-order valence-corrected chi connectivity index (χ3v) is 2.95. The predicted molar refractivity (Wildman–Crippen MR) is 68.2 cm³/mol. The van der Waals surface area contributed by atoms with Crippen molar-refractivity contribution in [3.8, 4) is 0 Å². The van der Waals surface area contributed by atoms with Crippen LogP contribution >= 0.6 is 0 Å². The predicted octanol–water partition coefficient (Wildman–Crippen LogP) is -1.81. The summed E-state index contributed by atoms with van der Waals surface area (Å²) < 4.78 is 6.75. The highest BCUT2D eigenvalue weighted by Gasteiger charge is 2.10. The van der Waals surface area contributed by atoms with Crippen LogP contribution in [0.15, 0.2) is 6.20 Å². The number of ether oxygens (including phenoxy) is 1. The van der Waals surface area contributed by atoms with Crippen molar-refractivity contribution in [1.82, 2.24) is 25.2 Å². The van der Waals surface area contributed by atoms with Crippen LogP contribution in [0.2, 0.25) is 0 Å². The van der Waals surface area contributed by atoms with Crippen LogP contribution in [-0.4, -0.2) is 65.2 Å². The summed E-state index contributed by atoms with van der Waals surface area (Å²) >= 11 is 0. The summed E-state index contributed by atoms with van der Waals surface area (Å²) in [7, 11) is 0. The molecule has 0 spiro atoms. The molecule has 1 aromatic heterocycles. The van der Waals surface area contributed by atoms with Gasteiger partial charge in [-0.1, -0.05) is 5.21 Å². The highest BCUT2D eigenvalue weighted by atomic mass is 16.5. The molecule has 0 bridgehead atoms. The summed E-state index contributed by atoms with van der Waals surface area (Å²) in [6.45, 7) is 5.40. The second-order valence-electron chi connectivity index (χ2n) is 4.42. The second-order valence-corrected chi connectivity index (χ2v) is 4.42. The summed E-state index contributed by atoms with van der Waals surface area (Å²) in [6.07, 6.45) is 1.68. The number of rotatable bonds is 6. The zero-order valence-corrected chi connectivity index (χ0v) is 10.9. The maximum atomic E-state index is 11.7. The SMILES string of the molecule is NCc1cn(CC(=O)NCCN2CCOCC2)nn1. The van der Waals surface area contributed by atoms with E-state index in [1.807, 2.05) is 0 Å². The van der Waals surface area contributed by atoms with E-state index in [0.29, 0.717) is 18.8 Å². The van der Waals surface area contributed by atoms with Gasteiger partial charge in [0.15, 0.2) is 0 Å². The van der Waals surface area contributed by atoms with E-state index in [1.165, 1.54) is 4.68 Å². The standard InChI is InChI=1S/C11H20N6O2/c12-7-10-8-17(15-14-10)9-11(18)13-1-2-16-3-5-19-6-4-16/h8H,1-7,9,12H2,(H,13,18). The van der Waals surface area contributed by atoms with Gasteiger partial charge in [-0.05, 0) is 0 Å². The molecule has 0 radical (unpaired) electrons. The number of amides is 1. The van der Waals surface area contributed by atoms with Crippen molar-refractivity contribution in [2.24, 2.45) is 5.73 Å². The molecule has 2 rings (SSSR count). The maximum Gasteiger partial charge on any atom is 0.241 e. The van der Waals surface area contributed by atoms with Crippen LogP contribution in [0.1, 0.15) is 5.69 Å². The number of hydrogen-bond donors (Lipinski definition) is 2. The van der Waals surface area contributed by atoms with Gasteiger partial charge in [0.05, 0.1) is 25.1 Å². The first-order valence-electron chi connectivity index (χ1n) is 6.44. The van der Waals surface area contributed by atoms with Crippen molar-refractivity contribution < 1.29 is 9.53 Å². The number of nitrogens with one attached hydrogen (secondary N) is 1. The van der Waals surface area contributed by atoms with Crippen molar-refractivity contribution in [2.45, 2.75) is 13.1 Å². The number of carbonyl (C=O) groups is 1. The molecule has 1 saturated heterocycles. The third-order valence-electron chi connectivity index (χ3n) is 2.95. The van der Waals surface area contributed by atoms with Gasteiger partial charge in [0.2, 0.25) is 5.91 Å². The first-order chi connectivity index (χ1) is 9.28. The number of morpholine rings is 1. The van der Waals surface area contributed by atoms with Gasteiger partial charge in [-0.15, -0.1) is 5.10 Å². The topological polar surface area (TPSA) is 98.3 Å². The molecular formula is C11H20N6O2. The number of hydrogen-bond acceptors (Lipinski definition) is 6. The van der Waals surface area contributed by atoms with E-state index in [9.17, 15) is 4.79 Å². The fourth-order valence-electron chi connectivity index (χ4n) is 1.89. The van der Waals surface area contributed by atoms with Crippen LogP contribution in [0, 0.1) is 0 Å². The van der Waals surface area contributed by atoms with E-state index >= 15 is 0 Å². The number of carbonyl (C=O) groups excluding carboxylic acids is 1. The highest BCUT2D eigenvalue weighted by Crippen LogP contribution is 1.95. The Balaban J connectivity index is 1.63. The maximum absolute atomic E-state index is 11.7. The molecule has 1 aliphatic heterocycles. The molecule has 1 amide bonds. The first-order valence-corrected chi connectivity index (χ1v) is 6.44. The minimum atomic E-state index is -0.0678. The lowest BCUT2D eigenvalue weighted by atomic mass is 10.4. The minimum Gasteiger partial charge on any atom is -0.379 e. The van der Waals surface area contributed by atoms with E-state index < -0.39 is 0 Å². The second kappa shape index (κ2) is 7.17. The molecule has 1 aromatic rings. The van der Waals surface area contributed by atoms with Crippen LogP contribution in [0.25, 0.3) is 0 Å². The van der Waals surface area contributed by atoms with Gasteiger partial charge in [0, 0.05) is 32.7 Å². The number of nitrogens with two attached hydrogens (primary N) is 1. The highest BCUT2D eigenvalue weighted by molar-refractivity contribution is 5.75. The van der Waals surface area contributed by atoms with Crippen molar-refractivity contribution >= 4 is 5.91 Å². The summed E-state index contributed by atoms with van der Waals surface area (Å²) in [5.41, 5.74) is 6.11. The molecule has 106 valence electrons. The molecule has 0 saturated carbocycles. The zero-order chi connectivity index (χ0) is 13.5. The molecule has 0 atom stereocenters. The summed E-state index contributed by atoms with van der Waals surface area (Å²) in [5, 5.41) is 10.5. The smallest absolute Gasteiger partial charge is 0.241 e. The molecule has 19 heavy (non-hydrogen) atoms. The molecule has 1 fully saturated rings. The van der Waals surface area contributed by atoms with Crippen molar-refractivity contribution in [1.29, 1.82) is 0 Å². The number of aromatic nitrogens is 3. The molecule has 1 aliphatic rings. The van der Waals surface area contributed by atoms with Gasteiger partial charge in [0.25, 0.3) is 0 Å². The monoisotopic (exact) mass is 268 g/mol. The molecule has 0 aromatic carbocycles. The Bertz CT molecular complexity index is 402. The van der Waals surface area contributed by atoms with E-state index in [-0.39, 0.29) is 12.5 Å². The van der Waals surface area contributed by atoms with E-state index in [2.05, 4.69) is 20.5 Å². The van der Waals surface area contributed by atoms with Crippen LogP contribution in [0.5, 0.6) is 0 Å². The van der Waals surface area contributed by atoms with Crippen LogP contribution in [-0.2, 0) is 22.6 Å². The average Bonchev–Trinajstić information content (AvgIpc) is 2.87. The number of nitrogens with zero attached hydrogens (tertiary/aromatic N) is 4. The molecule has 8 nitrogen and oxygen atoms in total. The van der Waals surface area contributed by atoms with Crippen LogP contribution in [0.4, 0.5) is 0 Å². The van der Waals surface area contributed by atoms with Gasteiger partial charge in [-0.2, -0.15) is 0 Å². The van der Waals surface area contributed by atoms with Crippen molar-refractivity contribution in [2.75, 3.05) is 39.4 Å². The van der Waals surface area contributed by atoms with E-state index in [0.717, 1.165) is 32.8 Å². The normalized spacial score (nSPS) is 16.5. The molecule has 0 unspecified atom stereocenters. The Morgan fingerprint density at radius 1 is 1.47 bits per heavy atom. The Morgan fingerprint density at radius 2 is 2.26 bits per heavy atom. The Morgan fingerprint density at radius 3 is 2.95 bits per heavy atom. The summed E-state index contributed by atoms with van der Waals surface area (Å²) in [4.78, 5) is 13.9. The van der Waals surface area contributed by atoms with Gasteiger partial charge < -0.3 is 15.8 Å². The molecule has 8 heteroatoms. The van der Waals surface area contributed by atoms with Gasteiger partial charge in [-0.3, -0.25) is 9.69 Å².